The molecule has 0 amide bonds. The Morgan fingerprint density at radius 2 is 1.74 bits per heavy atom. The fourth-order valence-electron chi connectivity index (χ4n) is 2.86. The number of nitrogens with two attached hydrogens (primary N) is 1. The van der Waals surface area contributed by atoms with Crippen molar-refractivity contribution in [2.24, 2.45) is 15.8 Å². The Balaban J connectivity index is 0.00000261. The van der Waals surface area contributed by atoms with Crippen molar-refractivity contribution in [2.75, 3.05) is 13.1 Å². The average molecular weight is 386 g/mol. The smallest absolute Gasteiger partial charge is 0.209 e. The Kier molecular flexibility index (Phi) is 7.82. The number of hydrazone groups is 1. The van der Waals surface area contributed by atoms with Crippen LogP contribution in [0.3, 0.4) is 0 Å². The number of rotatable bonds is 5. The molecule has 0 aromatic heterocycles. The largest absolute Gasteiger partial charge is 0.369 e. The van der Waals surface area contributed by atoms with E-state index in [1.54, 1.807) is 12.1 Å². The molecule has 1 saturated heterocycles. The molecule has 0 bridgehead atoms. The molecule has 0 aliphatic carbocycles. The number of carbonyl (C=O) groups excluding carboxylic acids is 1. The van der Waals surface area contributed by atoms with Gasteiger partial charge in [0.05, 0.1) is 6.54 Å². The van der Waals surface area contributed by atoms with Crippen molar-refractivity contribution >= 4 is 30.5 Å². The Morgan fingerprint density at radius 3 is 2.37 bits per heavy atom. The van der Waals surface area contributed by atoms with Crippen LogP contribution in [0.1, 0.15) is 34.3 Å². The van der Waals surface area contributed by atoms with E-state index in [1.807, 2.05) is 42.5 Å². The van der Waals surface area contributed by atoms with Gasteiger partial charge in [-0.05, 0) is 18.4 Å². The van der Waals surface area contributed by atoms with Crippen molar-refractivity contribution in [2.45, 2.75) is 19.4 Å². The van der Waals surface area contributed by atoms with E-state index < -0.39 is 0 Å². The van der Waals surface area contributed by atoms with Crippen LogP contribution in [0.2, 0.25) is 0 Å². The third kappa shape index (κ3) is 5.82. The summed E-state index contributed by atoms with van der Waals surface area (Å²) in [5, 5.41) is 4.49. The molecule has 1 heterocycles. The molecule has 142 valence electrons. The van der Waals surface area contributed by atoms with Crippen molar-refractivity contribution in [3.63, 3.8) is 0 Å². The lowest BCUT2D eigenvalue weighted by molar-refractivity contribution is 0.112. The van der Waals surface area contributed by atoms with Gasteiger partial charge < -0.3 is 10.6 Å². The van der Waals surface area contributed by atoms with Gasteiger partial charge in [0.15, 0.2) is 5.84 Å². The van der Waals surface area contributed by atoms with E-state index in [-0.39, 0.29) is 18.4 Å². The quantitative estimate of drug-likeness (QED) is 0.359. The number of amidine groups is 1. The van der Waals surface area contributed by atoms with Gasteiger partial charge in [0.1, 0.15) is 6.29 Å². The molecule has 2 aromatic rings. The summed E-state index contributed by atoms with van der Waals surface area (Å²) in [5.41, 5.74) is 11.5. The molecule has 6 nitrogen and oxygen atoms in total. The predicted octanol–water partition coefficient (Wildman–Crippen LogP) is 2.78. The fourth-order valence-corrected chi connectivity index (χ4v) is 2.86. The number of hydrogen-bond donors (Lipinski definition) is 2. The summed E-state index contributed by atoms with van der Waals surface area (Å²) in [5.74, 6) is 1.09. The van der Waals surface area contributed by atoms with Crippen molar-refractivity contribution in [3.05, 3.63) is 71.3 Å². The molecule has 3 rings (SSSR count). The van der Waals surface area contributed by atoms with Gasteiger partial charge in [-0.3, -0.25) is 4.79 Å². The predicted molar refractivity (Wildman–Crippen MR) is 111 cm³/mol. The summed E-state index contributed by atoms with van der Waals surface area (Å²) in [6.45, 7) is 2.41. The molecule has 7 heteroatoms. The standard InChI is InChI=1S/C20H23N5O.ClH/c21-20(22-14-16-6-2-1-3-7-16)24-23-19(25-12-4-5-13-25)18-10-8-17(15-26)9-11-18;/h1-3,6-11,15H,4-5,12-14H2,(H3,21,22,24);1H. The molecule has 0 saturated carbocycles. The minimum absolute atomic E-state index is 0. The molecule has 3 N–H and O–H groups in total. The zero-order valence-electron chi connectivity index (χ0n) is 15.0. The van der Waals surface area contributed by atoms with Gasteiger partial charge in [0.2, 0.25) is 5.96 Å². The molecule has 2 aromatic carbocycles. The number of likely N-dealkylation sites (tertiary alicyclic amines) is 1. The third-order valence-corrected chi connectivity index (χ3v) is 4.26. The normalized spacial score (nSPS) is 14.6. The van der Waals surface area contributed by atoms with Gasteiger partial charge in [-0.25, -0.2) is 10.4 Å². The maximum absolute atomic E-state index is 10.9. The molecular formula is C20H24ClN5O. The molecule has 27 heavy (non-hydrogen) atoms. The second kappa shape index (κ2) is 10.3. The van der Waals surface area contributed by atoms with Gasteiger partial charge in [-0.15, -0.1) is 12.4 Å². The number of nitrogens with one attached hydrogen (secondary N) is 1. The first-order valence-corrected chi connectivity index (χ1v) is 8.74. The van der Waals surface area contributed by atoms with Gasteiger partial charge in [-0.2, -0.15) is 5.10 Å². The van der Waals surface area contributed by atoms with E-state index in [0.29, 0.717) is 12.1 Å². The van der Waals surface area contributed by atoms with Gasteiger partial charge in [0.25, 0.3) is 0 Å². The first kappa shape index (κ1) is 20.5. The lowest BCUT2D eigenvalue weighted by atomic mass is 10.1. The minimum atomic E-state index is 0. The summed E-state index contributed by atoms with van der Waals surface area (Å²) in [6.07, 6.45) is 3.12. The monoisotopic (exact) mass is 385 g/mol. The average Bonchev–Trinajstić information content (AvgIpc) is 3.22. The zero-order valence-corrected chi connectivity index (χ0v) is 15.9. The first-order chi connectivity index (χ1) is 12.8. The summed E-state index contributed by atoms with van der Waals surface area (Å²) in [6, 6.07) is 17.3. The Morgan fingerprint density at radius 1 is 1.07 bits per heavy atom. The second-order valence-corrected chi connectivity index (χ2v) is 6.17. The maximum Gasteiger partial charge on any atom is 0.209 e. The molecule has 1 aliphatic heterocycles. The topological polar surface area (TPSA) is 83.1 Å². The van der Waals surface area contributed by atoms with Crippen LogP contribution in [-0.4, -0.2) is 36.1 Å². The highest BCUT2D eigenvalue weighted by Gasteiger charge is 2.18. The van der Waals surface area contributed by atoms with Gasteiger partial charge in [0, 0.05) is 24.2 Å². The van der Waals surface area contributed by atoms with Crippen LogP contribution in [0.4, 0.5) is 0 Å². The first-order valence-electron chi connectivity index (χ1n) is 8.74. The van der Waals surface area contributed by atoms with Crippen molar-refractivity contribution in [3.8, 4) is 0 Å². The van der Waals surface area contributed by atoms with E-state index in [4.69, 9.17) is 5.73 Å². The molecule has 0 radical (unpaired) electrons. The Labute approximate surface area is 165 Å². The second-order valence-electron chi connectivity index (χ2n) is 6.17. The highest BCUT2D eigenvalue weighted by atomic mass is 35.5. The van der Waals surface area contributed by atoms with Crippen LogP contribution in [0.15, 0.2) is 64.7 Å². The van der Waals surface area contributed by atoms with Crippen LogP contribution < -0.4 is 11.2 Å². The Hall–Kier alpha value is -2.86. The summed E-state index contributed by atoms with van der Waals surface area (Å²) < 4.78 is 0. The number of aliphatic imine (C=N–C) groups is 1. The highest BCUT2D eigenvalue weighted by Crippen LogP contribution is 2.14. The number of aldehydes is 1. The van der Waals surface area contributed by atoms with Crippen molar-refractivity contribution in [1.29, 1.82) is 0 Å². The maximum atomic E-state index is 10.9. The lowest BCUT2D eigenvalue weighted by Crippen LogP contribution is -2.34. The van der Waals surface area contributed by atoms with E-state index in [2.05, 4.69) is 20.4 Å². The van der Waals surface area contributed by atoms with E-state index in [1.165, 1.54) is 0 Å². The molecule has 0 atom stereocenters. The van der Waals surface area contributed by atoms with Gasteiger partial charge >= 0.3 is 0 Å². The number of hydrogen-bond acceptors (Lipinski definition) is 3. The molecule has 0 spiro atoms. The molecule has 0 unspecified atom stereocenters. The van der Waals surface area contributed by atoms with Crippen LogP contribution in [0.5, 0.6) is 0 Å². The summed E-state index contributed by atoms with van der Waals surface area (Å²) in [7, 11) is 0. The lowest BCUT2D eigenvalue weighted by Gasteiger charge is -2.20. The van der Waals surface area contributed by atoms with Crippen molar-refractivity contribution in [1.82, 2.24) is 10.3 Å². The van der Waals surface area contributed by atoms with Crippen LogP contribution in [0.25, 0.3) is 0 Å². The number of guanidine groups is 1. The minimum Gasteiger partial charge on any atom is -0.369 e. The van der Waals surface area contributed by atoms with E-state index in [0.717, 1.165) is 49.2 Å². The number of carbonyl (C=O) groups is 1. The molecular weight excluding hydrogens is 362 g/mol. The SMILES string of the molecule is Cl.NC(=NCc1ccccc1)NN=C(c1ccc(C=O)cc1)N1CCCC1. The number of benzene rings is 2. The summed E-state index contributed by atoms with van der Waals surface area (Å²) >= 11 is 0. The fraction of sp³-hybridized carbons (Fsp3) is 0.250. The van der Waals surface area contributed by atoms with Crippen LogP contribution in [0, 0.1) is 0 Å². The zero-order chi connectivity index (χ0) is 18.2. The summed E-state index contributed by atoms with van der Waals surface area (Å²) in [4.78, 5) is 17.4. The van der Waals surface area contributed by atoms with Gasteiger partial charge in [-0.1, -0.05) is 54.6 Å². The van der Waals surface area contributed by atoms with Crippen LogP contribution >= 0.6 is 12.4 Å². The van der Waals surface area contributed by atoms with E-state index in [9.17, 15) is 4.79 Å². The highest BCUT2D eigenvalue weighted by molar-refractivity contribution is 6.00. The third-order valence-electron chi connectivity index (χ3n) is 4.26. The van der Waals surface area contributed by atoms with Crippen LogP contribution in [-0.2, 0) is 6.54 Å². The molecule has 1 aliphatic rings. The number of halogens is 1. The number of nitrogens with zero attached hydrogens (tertiary/aromatic N) is 3. The molecule has 1 fully saturated rings. The van der Waals surface area contributed by atoms with E-state index >= 15 is 0 Å². The Bertz CT molecular complexity index is 784. The van der Waals surface area contributed by atoms with Crippen molar-refractivity contribution < 1.29 is 4.79 Å².